The second-order valence-corrected chi connectivity index (χ2v) is 8.26. The quantitative estimate of drug-likeness (QED) is 0.0962. The van der Waals surface area contributed by atoms with E-state index in [0.717, 1.165) is 0 Å². The van der Waals surface area contributed by atoms with E-state index in [2.05, 4.69) is 31.8 Å². The molecule has 0 bridgehead atoms. The number of carbonyl (C=O) groups excluding carboxylic acids is 3. The minimum absolute atomic E-state index is 0.107. The van der Waals surface area contributed by atoms with E-state index in [1.807, 2.05) is 0 Å². The van der Waals surface area contributed by atoms with Gasteiger partial charge in [0.2, 0.25) is 5.91 Å². The number of nitro groups is 1. The van der Waals surface area contributed by atoms with Gasteiger partial charge in [-0.2, -0.15) is 5.10 Å². The van der Waals surface area contributed by atoms with Crippen LogP contribution in [0.2, 0.25) is 0 Å². The first-order chi connectivity index (χ1) is 17.3. The zero-order chi connectivity index (χ0) is 25.9. The van der Waals surface area contributed by atoms with Crippen molar-refractivity contribution in [1.82, 2.24) is 10.7 Å². The Kier molecular flexibility index (Phi) is 9.40. The third kappa shape index (κ3) is 7.84. The van der Waals surface area contributed by atoms with Gasteiger partial charge in [0, 0.05) is 35.1 Å². The molecule has 184 valence electrons. The highest BCUT2D eigenvalue weighted by Gasteiger charge is 2.13. The molecular formula is C25H21BrN4O6. The Bertz CT molecular complexity index is 1310. The van der Waals surface area contributed by atoms with Gasteiger partial charge in [0.1, 0.15) is 5.75 Å². The minimum atomic E-state index is -0.575. The van der Waals surface area contributed by atoms with E-state index in [4.69, 9.17) is 4.74 Å². The molecule has 0 spiro atoms. The second-order valence-electron chi connectivity index (χ2n) is 7.40. The summed E-state index contributed by atoms with van der Waals surface area (Å²) in [7, 11) is 0. The number of nitrogens with zero attached hydrogens (tertiary/aromatic N) is 2. The Hall–Kier alpha value is -4.38. The van der Waals surface area contributed by atoms with Crippen molar-refractivity contribution >= 4 is 45.6 Å². The van der Waals surface area contributed by atoms with Crippen molar-refractivity contribution in [2.45, 2.75) is 12.8 Å². The Morgan fingerprint density at radius 1 is 1.03 bits per heavy atom. The number of amides is 2. The first-order valence-corrected chi connectivity index (χ1v) is 11.5. The van der Waals surface area contributed by atoms with Gasteiger partial charge in [0.15, 0.2) is 0 Å². The largest absolute Gasteiger partial charge is 0.423 e. The molecule has 11 heteroatoms. The minimum Gasteiger partial charge on any atom is -0.423 e. The molecule has 0 aromatic heterocycles. The summed E-state index contributed by atoms with van der Waals surface area (Å²) in [6.45, 7) is 0.212. The van der Waals surface area contributed by atoms with Crippen LogP contribution >= 0.6 is 15.9 Å². The van der Waals surface area contributed by atoms with Crippen LogP contribution in [0.3, 0.4) is 0 Å². The Balaban J connectivity index is 1.42. The van der Waals surface area contributed by atoms with E-state index >= 15 is 0 Å². The van der Waals surface area contributed by atoms with Gasteiger partial charge in [-0.05, 0) is 58.2 Å². The average molecular weight is 553 g/mol. The number of nitrogens with one attached hydrogen (secondary N) is 2. The molecule has 0 unspecified atom stereocenters. The third-order valence-electron chi connectivity index (χ3n) is 4.75. The first kappa shape index (κ1) is 26.2. The molecule has 0 saturated heterocycles. The molecule has 0 aliphatic rings. The summed E-state index contributed by atoms with van der Waals surface area (Å²) in [6, 6.07) is 19.0. The van der Waals surface area contributed by atoms with Gasteiger partial charge < -0.3 is 10.1 Å². The van der Waals surface area contributed by atoms with E-state index in [1.165, 1.54) is 30.5 Å². The molecule has 2 amide bonds. The monoisotopic (exact) mass is 552 g/mol. The fourth-order valence-corrected chi connectivity index (χ4v) is 3.44. The number of nitro benzene ring substituents is 1. The summed E-state index contributed by atoms with van der Waals surface area (Å²) in [4.78, 5) is 46.7. The van der Waals surface area contributed by atoms with Crippen LogP contribution in [0.15, 0.2) is 82.4 Å². The second kappa shape index (κ2) is 12.9. The van der Waals surface area contributed by atoms with Gasteiger partial charge in [-0.1, -0.05) is 30.3 Å². The van der Waals surface area contributed by atoms with E-state index in [1.54, 1.807) is 48.5 Å². The van der Waals surface area contributed by atoms with Gasteiger partial charge in [-0.3, -0.25) is 19.7 Å². The van der Waals surface area contributed by atoms with E-state index in [0.29, 0.717) is 27.8 Å². The molecule has 3 aromatic carbocycles. The number of halogens is 1. The summed E-state index contributed by atoms with van der Waals surface area (Å²) in [5, 5.41) is 17.3. The van der Waals surface area contributed by atoms with Crippen molar-refractivity contribution < 1.29 is 24.0 Å². The predicted molar refractivity (Wildman–Crippen MR) is 136 cm³/mol. The van der Waals surface area contributed by atoms with Crippen LogP contribution in [0.1, 0.15) is 39.1 Å². The summed E-state index contributed by atoms with van der Waals surface area (Å²) < 4.78 is 6.02. The lowest BCUT2D eigenvalue weighted by Gasteiger charge is -2.06. The summed E-state index contributed by atoms with van der Waals surface area (Å²) in [6.07, 6.45) is 1.87. The number of non-ortho nitro benzene ring substituents is 1. The Morgan fingerprint density at radius 3 is 2.58 bits per heavy atom. The highest BCUT2D eigenvalue weighted by atomic mass is 79.9. The lowest BCUT2D eigenvalue weighted by Crippen LogP contribution is -2.26. The van der Waals surface area contributed by atoms with Crippen molar-refractivity contribution in [3.63, 3.8) is 0 Å². The molecule has 10 nitrogen and oxygen atoms in total. The molecule has 0 aliphatic carbocycles. The first-order valence-electron chi connectivity index (χ1n) is 10.7. The number of benzene rings is 3. The number of hydrogen-bond acceptors (Lipinski definition) is 7. The maximum absolute atomic E-state index is 12.3. The molecule has 3 rings (SSSR count). The van der Waals surface area contributed by atoms with Crippen LogP contribution in [-0.2, 0) is 4.79 Å². The fourth-order valence-electron chi connectivity index (χ4n) is 3.00. The smallest absolute Gasteiger partial charge is 0.344 e. The zero-order valence-corrected chi connectivity index (χ0v) is 20.4. The number of rotatable bonds is 10. The van der Waals surface area contributed by atoms with Crippen LogP contribution in [0.4, 0.5) is 5.69 Å². The van der Waals surface area contributed by atoms with Crippen LogP contribution < -0.4 is 15.5 Å². The normalized spacial score (nSPS) is 10.6. The Labute approximate surface area is 214 Å². The van der Waals surface area contributed by atoms with E-state index in [-0.39, 0.29) is 30.1 Å². The number of carbonyl (C=O) groups is 3. The number of hydrogen-bond donors (Lipinski definition) is 2. The van der Waals surface area contributed by atoms with Crippen LogP contribution in [0.25, 0.3) is 0 Å². The summed E-state index contributed by atoms with van der Waals surface area (Å²) in [5.41, 5.74) is 3.39. The number of esters is 1. The van der Waals surface area contributed by atoms with Gasteiger partial charge in [0.25, 0.3) is 11.6 Å². The fraction of sp³-hybridized carbons (Fsp3) is 0.120. The standard InChI is InChI=1S/C25H21BrN4O6/c26-22-11-2-1-10-21(22)25(33)36-20-9-3-6-17(14-20)16-28-29-23(31)12-5-13-27-24(32)18-7-4-8-19(15-18)30(34)35/h1-4,6-11,14-16H,5,12-13H2,(H,27,32)(H,29,31). The zero-order valence-electron chi connectivity index (χ0n) is 18.8. The van der Waals surface area contributed by atoms with Crippen molar-refractivity contribution in [2.75, 3.05) is 6.54 Å². The van der Waals surface area contributed by atoms with E-state index in [9.17, 15) is 24.5 Å². The molecule has 0 fully saturated rings. The molecule has 0 heterocycles. The van der Waals surface area contributed by atoms with Crippen LogP contribution in [-0.4, -0.2) is 35.5 Å². The predicted octanol–water partition coefficient (Wildman–Crippen LogP) is 4.24. The summed E-state index contributed by atoms with van der Waals surface area (Å²) in [5.74, 6) is -1.00. The number of ether oxygens (including phenoxy) is 1. The van der Waals surface area contributed by atoms with Gasteiger partial charge in [-0.25, -0.2) is 10.2 Å². The van der Waals surface area contributed by atoms with Crippen molar-refractivity contribution in [2.24, 2.45) is 5.10 Å². The molecule has 2 N–H and O–H groups in total. The molecule has 3 aromatic rings. The SMILES string of the molecule is O=C(CCCNC(=O)c1cccc([N+](=O)[O-])c1)NN=Cc1cccc(OC(=O)c2ccccc2Br)c1. The highest BCUT2D eigenvalue weighted by Crippen LogP contribution is 2.19. The van der Waals surface area contributed by atoms with Crippen molar-refractivity contribution in [3.8, 4) is 5.75 Å². The third-order valence-corrected chi connectivity index (χ3v) is 5.44. The van der Waals surface area contributed by atoms with Crippen molar-refractivity contribution in [3.05, 3.63) is 104 Å². The summed E-state index contributed by atoms with van der Waals surface area (Å²) >= 11 is 3.31. The van der Waals surface area contributed by atoms with Crippen LogP contribution in [0.5, 0.6) is 5.75 Å². The Morgan fingerprint density at radius 2 is 1.81 bits per heavy atom. The van der Waals surface area contributed by atoms with Crippen molar-refractivity contribution in [1.29, 1.82) is 0 Å². The molecule has 0 radical (unpaired) electrons. The molecule has 0 aliphatic heterocycles. The van der Waals surface area contributed by atoms with Gasteiger partial charge in [-0.15, -0.1) is 0 Å². The van der Waals surface area contributed by atoms with Gasteiger partial charge in [0.05, 0.1) is 16.7 Å². The topological polar surface area (TPSA) is 140 Å². The maximum Gasteiger partial charge on any atom is 0.344 e. The maximum atomic E-state index is 12.3. The highest BCUT2D eigenvalue weighted by molar-refractivity contribution is 9.10. The molecule has 36 heavy (non-hydrogen) atoms. The lowest BCUT2D eigenvalue weighted by atomic mass is 10.2. The average Bonchev–Trinajstić information content (AvgIpc) is 2.87. The molecule has 0 saturated carbocycles. The molecule has 0 atom stereocenters. The van der Waals surface area contributed by atoms with Gasteiger partial charge >= 0.3 is 5.97 Å². The molecular weight excluding hydrogens is 532 g/mol. The lowest BCUT2D eigenvalue weighted by molar-refractivity contribution is -0.384. The van der Waals surface area contributed by atoms with E-state index < -0.39 is 16.8 Å². The number of hydrazone groups is 1. The van der Waals surface area contributed by atoms with Crippen LogP contribution in [0, 0.1) is 10.1 Å².